The van der Waals surface area contributed by atoms with Crippen LogP contribution in [0.2, 0.25) is 5.02 Å². The minimum Gasteiger partial charge on any atom is -0.456 e. The van der Waals surface area contributed by atoms with Crippen molar-refractivity contribution in [3.8, 4) is 0 Å². The van der Waals surface area contributed by atoms with Crippen molar-refractivity contribution in [3.63, 3.8) is 0 Å². The van der Waals surface area contributed by atoms with Gasteiger partial charge in [0.25, 0.3) is 11.8 Å². The second kappa shape index (κ2) is 11.2. The van der Waals surface area contributed by atoms with Crippen molar-refractivity contribution in [2.24, 2.45) is 0 Å². The number of nitrogens with one attached hydrogen (secondary N) is 1. The molecule has 1 atom stereocenters. The number of carbonyl (C=O) groups excluding carboxylic acids is 3. The molecule has 0 bridgehead atoms. The molecule has 7 heteroatoms. The second-order valence-electron chi connectivity index (χ2n) is 6.62. The van der Waals surface area contributed by atoms with Crippen molar-refractivity contribution in [1.82, 2.24) is 10.2 Å². The van der Waals surface area contributed by atoms with Gasteiger partial charge in [-0.1, -0.05) is 41.9 Å². The zero-order valence-corrected chi connectivity index (χ0v) is 17.3. The van der Waals surface area contributed by atoms with Crippen LogP contribution in [0.5, 0.6) is 0 Å². The Bertz CT molecular complexity index is 824. The number of nitrogens with zero attached hydrogens (tertiary/aromatic N) is 1. The molecule has 0 saturated carbocycles. The van der Waals surface area contributed by atoms with E-state index in [1.807, 2.05) is 37.3 Å². The highest BCUT2D eigenvalue weighted by Crippen LogP contribution is 2.18. The number of ether oxygens (including phenoxy) is 1. The van der Waals surface area contributed by atoms with Crippen molar-refractivity contribution < 1.29 is 19.1 Å². The Kier molecular flexibility index (Phi) is 8.68. The lowest BCUT2D eigenvalue weighted by atomic mass is 10.1. The van der Waals surface area contributed by atoms with Crippen molar-refractivity contribution in [2.45, 2.75) is 25.8 Å². The molecule has 1 unspecified atom stereocenters. The lowest BCUT2D eigenvalue weighted by molar-refractivity contribution is -0.152. The molecule has 2 aromatic rings. The molecule has 0 heterocycles. The summed E-state index contributed by atoms with van der Waals surface area (Å²) in [7, 11) is 1.68. The molecule has 6 nitrogen and oxygen atoms in total. The van der Waals surface area contributed by atoms with Crippen molar-refractivity contribution in [2.75, 3.05) is 20.2 Å². The van der Waals surface area contributed by atoms with Gasteiger partial charge in [-0.15, -0.1) is 0 Å². The van der Waals surface area contributed by atoms with E-state index in [0.717, 1.165) is 5.56 Å². The summed E-state index contributed by atoms with van der Waals surface area (Å²) in [5.74, 6) is -0.979. The molecule has 29 heavy (non-hydrogen) atoms. The summed E-state index contributed by atoms with van der Waals surface area (Å²) in [4.78, 5) is 37.6. The van der Waals surface area contributed by atoms with Crippen LogP contribution in [-0.4, -0.2) is 42.9 Å². The molecule has 2 rings (SSSR count). The van der Waals surface area contributed by atoms with Crippen molar-refractivity contribution in [3.05, 3.63) is 70.7 Å². The highest BCUT2D eigenvalue weighted by molar-refractivity contribution is 6.30. The van der Waals surface area contributed by atoms with Crippen LogP contribution in [0.1, 0.15) is 41.7 Å². The second-order valence-corrected chi connectivity index (χ2v) is 7.05. The van der Waals surface area contributed by atoms with Crippen LogP contribution in [0.15, 0.2) is 54.6 Å². The van der Waals surface area contributed by atoms with E-state index in [1.54, 1.807) is 36.2 Å². The highest BCUT2D eigenvalue weighted by Gasteiger charge is 2.18. The maximum Gasteiger partial charge on any atom is 0.306 e. The van der Waals surface area contributed by atoms with Gasteiger partial charge in [-0.05, 0) is 43.2 Å². The quantitative estimate of drug-likeness (QED) is 0.500. The molecule has 0 aliphatic heterocycles. The van der Waals surface area contributed by atoms with E-state index in [4.69, 9.17) is 16.3 Å². The lowest BCUT2D eigenvalue weighted by Gasteiger charge is -2.25. The molecular formula is C22H25ClN2O4. The first-order valence-electron chi connectivity index (χ1n) is 9.38. The summed E-state index contributed by atoms with van der Waals surface area (Å²) in [6.45, 7) is 1.94. The average Bonchev–Trinajstić information content (AvgIpc) is 2.74. The number of halogens is 1. The highest BCUT2D eigenvalue weighted by atomic mass is 35.5. The van der Waals surface area contributed by atoms with Gasteiger partial charge in [0.15, 0.2) is 6.61 Å². The van der Waals surface area contributed by atoms with Gasteiger partial charge in [0, 0.05) is 30.6 Å². The van der Waals surface area contributed by atoms with Crippen molar-refractivity contribution >= 4 is 29.4 Å². The summed E-state index contributed by atoms with van der Waals surface area (Å²) in [6.07, 6.45) is 0.536. The number of carbonyl (C=O) groups is 3. The molecule has 2 amide bonds. The van der Waals surface area contributed by atoms with E-state index in [-0.39, 0.29) is 30.9 Å². The number of likely N-dealkylation sites (N-methyl/N-ethyl adjacent to an activating group) is 1. The van der Waals surface area contributed by atoms with Crippen molar-refractivity contribution in [1.29, 1.82) is 0 Å². The van der Waals surface area contributed by atoms with Gasteiger partial charge in [-0.25, -0.2) is 0 Å². The number of hydrogen-bond acceptors (Lipinski definition) is 4. The smallest absolute Gasteiger partial charge is 0.306 e. The Balaban J connectivity index is 1.65. The fraction of sp³-hybridized carbons (Fsp3) is 0.318. The summed E-state index contributed by atoms with van der Waals surface area (Å²) in [6, 6.07) is 16.0. The summed E-state index contributed by atoms with van der Waals surface area (Å²) in [5.41, 5.74) is 1.50. The number of benzene rings is 2. The largest absolute Gasteiger partial charge is 0.456 e. The van der Waals surface area contributed by atoms with Gasteiger partial charge >= 0.3 is 5.97 Å². The van der Waals surface area contributed by atoms with Gasteiger partial charge in [0.1, 0.15) is 0 Å². The fourth-order valence-corrected chi connectivity index (χ4v) is 2.75. The first kappa shape index (κ1) is 22.4. The number of esters is 1. The topological polar surface area (TPSA) is 75.7 Å². The van der Waals surface area contributed by atoms with Crippen LogP contribution in [-0.2, 0) is 14.3 Å². The Labute approximate surface area is 175 Å². The van der Waals surface area contributed by atoms with Gasteiger partial charge in [0.2, 0.25) is 0 Å². The molecular weight excluding hydrogens is 392 g/mol. The molecule has 154 valence electrons. The summed E-state index contributed by atoms with van der Waals surface area (Å²) in [5, 5.41) is 3.28. The van der Waals surface area contributed by atoms with Crippen LogP contribution in [0.3, 0.4) is 0 Å². The van der Waals surface area contributed by atoms with Gasteiger partial charge < -0.3 is 15.0 Å². The van der Waals surface area contributed by atoms with E-state index in [2.05, 4.69) is 5.32 Å². The first-order chi connectivity index (χ1) is 13.9. The molecule has 0 aromatic heterocycles. The standard InChI is InChI=1S/C22H25ClN2O4/c1-16(17-7-4-3-5-8-17)25(2)20(26)15-29-21(27)9-6-14-24-22(28)18-10-12-19(23)13-11-18/h3-5,7-8,10-13,16H,6,9,14-15H2,1-2H3,(H,24,28). The molecule has 0 aliphatic carbocycles. The average molecular weight is 417 g/mol. The first-order valence-corrected chi connectivity index (χ1v) is 9.76. The monoisotopic (exact) mass is 416 g/mol. The Morgan fingerprint density at radius 3 is 2.38 bits per heavy atom. The maximum absolute atomic E-state index is 12.2. The Morgan fingerprint density at radius 1 is 1.07 bits per heavy atom. The summed E-state index contributed by atoms with van der Waals surface area (Å²) >= 11 is 5.79. The number of hydrogen-bond donors (Lipinski definition) is 1. The van der Waals surface area contributed by atoms with Crippen LogP contribution >= 0.6 is 11.6 Å². The predicted octanol–water partition coefficient (Wildman–Crippen LogP) is 3.61. The zero-order chi connectivity index (χ0) is 21.2. The minimum atomic E-state index is -0.472. The van der Waals surface area contributed by atoms with Crippen LogP contribution in [0.4, 0.5) is 0 Å². The van der Waals surface area contributed by atoms with E-state index in [1.165, 1.54) is 0 Å². The molecule has 0 fully saturated rings. The third-order valence-electron chi connectivity index (χ3n) is 4.56. The molecule has 2 aromatic carbocycles. The van der Waals surface area contributed by atoms with Crippen LogP contribution in [0, 0.1) is 0 Å². The SMILES string of the molecule is CC(c1ccccc1)N(C)C(=O)COC(=O)CCCNC(=O)c1ccc(Cl)cc1. The van der Waals surface area contributed by atoms with Gasteiger partial charge in [-0.2, -0.15) is 0 Å². The molecule has 0 radical (unpaired) electrons. The maximum atomic E-state index is 12.2. The lowest BCUT2D eigenvalue weighted by Crippen LogP contribution is -2.33. The van der Waals surface area contributed by atoms with Crippen LogP contribution in [0.25, 0.3) is 0 Å². The predicted molar refractivity (Wildman–Crippen MR) is 112 cm³/mol. The Hall–Kier alpha value is -2.86. The van der Waals surface area contributed by atoms with Gasteiger partial charge in [-0.3, -0.25) is 14.4 Å². The molecule has 0 saturated heterocycles. The molecule has 1 N–H and O–H groups in total. The van der Waals surface area contributed by atoms with E-state index in [9.17, 15) is 14.4 Å². The fourth-order valence-electron chi connectivity index (χ4n) is 2.63. The van der Waals surface area contributed by atoms with E-state index >= 15 is 0 Å². The zero-order valence-electron chi connectivity index (χ0n) is 16.6. The third kappa shape index (κ3) is 7.23. The van der Waals surface area contributed by atoms with Crippen LogP contribution < -0.4 is 5.32 Å². The normalized spacial score (nSPS) is 11.4. The number of rotatable bonds is 9. The number of amides is 2. The Morgan fingerprint density at radius 2 is 1.72 bits per heavy atom. The van der Waals surface area contributed by atoms with E-state index < -0.39 is 5.97 Å². The summed E-state index contributed by atoms with van der Waals surface area (Å²) < 4.78 is 5.06. The third-order valence-corrected chi connectivity index (χ3v) is 4.81. The minimum absolute atomic E-state index is 0.117. The molecule has 0 aliphatic rings. The molecule has 0 spiro atoms. The van der Waals surface area contributed by atoms with Gasteiger partial charge in [0.05, 0.1) is 6.04 Å². The van der Waals surface area contributed by atoms with E-state index in [0.29, 0.717) is 23.6 Å².